The van der Waals surface area contributed by atoms with Crippen LogP contribution in [0.4, 0.5) is 14.6 Å². The maximum Gasteiger partial charge on any atom is 0.343 e. The Kier molecular flexibility index (Phi) is 4.71. The van der Waals surface area contributed by atoms with Gasteiger partial charge in [0.1, 0.15) is 17.4 Å². The van der Waals surface area contributed by atoms with Crippen LogP contribution in [0.2, 0.25) is 5.02 Å². The quantitative estimate of drug-likeness (QED) is 0.840. The minimum absolute atomic E-state index is 0.149. The van der Waals surface area contributed by atoms with Gasteiger partial charge in [-0.15, -0.1) is 0 Å². The fourth-order valence-corrected chi connectivity index (χ4v) is 2.93. The summed E-state index contributed by atoms with van der Waals surface area (Å²) in [5.74, 6) is -0.332. The smallest absolute Gasteiger partial charge is 0.343 e. The monoisotopic (exact) mass is 355 g/mol. The van der Waals surface area contributed by atoms with E-state index >= 15 is 0 Å². The molecular weight excluding hydrogens is 340 g/mol. The SMILES string of the molecule is CCOC(=O)c1cnn2c1NC(c1ccc(Cl)cc1)CC2C(F)F. The zero-order valence-corrected chi connectivity index (χ0v) is 13.6. The Morgan fingerprint density at radius 3 is 2.79 bits per heavy atom. The molecule has 0 fully saturated rings. The predicted octanol–water partition coefficient (Wildman–Crippen LogP) is 4.08. The lowest BCUT2D eigenvalue weighted by molar-refractivity contribution is 0.0521. The molecule has 2 aromatic rings. The van der Waals surface area contributed by atoms with E-state index in [1.807, 2.05) is 0 Å². The van der Waals surface area contributed by atoms with Crippen LogP contribution < -0.4 is 5.32 Å². The van der Waals surface area contributed by atoms with E-state index in [1.54, 1.807) is 31.2 Å². The molecule has 3 rings (SSSR count). The van der Waals surface area contributed by atoms with Crippen molar-refractivity contribution in [2.75, 3.05) is 11.9 Å². The highest BCUT2D eigenvalue weighted by Crippen LogP contribution is 2.39. The highest BCUT2D eigenvalue weighted by molar-refractivity contribution is 6.30. The first-order valence-electron chi connectivity index (χ1n) is 7.56. The molecule has 0 saturated heterocycles. The molecule has 8 heteroatoms. The van der Waals surface area contributed by atoms with Crippen LogP contribution in [-0.2, 0) is 4.74 Å². The lowest BCUT2D eigenvalue weighted by atomic mass is 9.97. The molecule has 5 nitrogen and oxygen atoms in total. The molecule has 1 aromatic heterocycles. The van der Waals surface area contributed by atoms with E-state index in [1.165, 1.54) is 10.9 Å². The van der Waals surface area contributed by atoms with Crippen molar-refractivity contribution < 1.29 is 18.3 Å². The van der Waals surface area contributed by atoms with Crippen LogP contribution in [0.15, 0.2) is 30.5 Å². The summed E-state index contributed by atoms with van der Waals surface area (Å²) in [6.45, 7) is 1.88. The zero-order valence-electron chi connectivity index (χ0n) is 12.9. The van der Waals surface area contributed by atoms with Crippen molar-refractivity contribution in [1.29, 1.82) is 0 Å². The van der Waals surface area contributed by atoms with Gasteiger partial charge in [0.2, 0.25) is 0 Å². The largest absolute Gasteiger partial charge is 0.462 e. The number of rotatable bonds is 4. The number of esters is 1. The molecule has 1 aliphatic rings. The molecule has 1 aliphatic heterocycles. The number of anilines is 1. The van der Waals surface area contributed by atoms with Crippen molar-refractivity contribution in [3.63, 3.8) is 0 Å². The zero-order chi connectivity index (χ0) is 17.3. The van der Waals surface area contributed by atoms with E-state index < -0.39 is 18.4 Å². The van der Waals surface area contributed by atoms with Crippen molar-refractivity contribution in [3.8, 4) is 0 Å². The number of benzene rings is 1. The Morgan fingerprint density at radius 2 is 2.17 bits per heavy atom. The number of nitrogens with one attached hydrogen (secondary N) is 1. The molecular formula is C16H16ClF2N3O2. The summed E-state index contributed by atoms with van der Waals surface area (Å²) >= 11 is 5.88. The first-order chi connectivity index (χ1) is 11.5. The lowest BCUT2D eigenvalue weighted by Crippen LogP contribution is -2.31. The molecule has 24 heavy (non-hydrogen) atoms. The van der Waals surface area contributed by atoms with E-state index in [-0.39, 0.29) is 30.5 Å². The third-order valence-electron chi connectivity index (χ3n) is 3.96. The molecule has 1 aromatic carbocycles. The standard InChI is InChI=1S/C16H16ClF2N3O2/c1-2-24-16(23)11-8-20-22-13(14(18)19)7-12(21-15(11)22)9-3-5-10(17)6-4-9/h3-6,8,12-14,21H,2,7H2,1H3. The molecule has 0 aliphatic carbocycles. The summed E-state index contributed by atoms with van der Waals surface area (Å²) in [4.78, 5) is 12.0. The summed E-state index contributed by atoms with van der Waals surface area (Å²) < 4.78 is 33.1. The predicted molar refractivity (Wildman–Crippen MR) is 85.7 cm³/mol. The third kappa shape index (κ3) is 3.08. The lowest BCUT2D eigenvalue weighted by Gasteiger charge is -2.32. The van der Waals surface area contributed by atoms with Crippen molar-refractivity contribution in [2.45, 2.75) is 31.9 Å². The van der Waals surface area contributed by atoms with E-state index in [0.29, 0.717) is 5.02 Å². The molecule has 1 N–H and O–H groups in total. The van der Waals surface area contributed by atoms with Crippen LogP contribution >= 0.6 is 11.6 Å². The molecule has 0 amide bonds. The molecule has 128 valence electrons. The number of hydrogen-bond acceptors (Lipinski definition) is 4. The number of nitrogens with zero attached hydrogens (tertiary/aromatic N) is 2. The topological polar surface area (TPSA) is 56.1 Å². The molecule has 0 bridgehead atoms. The maximum absolute atomic E-state index is 13.5. The summed E-state index contributed by atoms with van der Waals surface area (Å²) in [6, 6.07) is 5.46. The number of alkyl halides is 2. The van der Waals surface area contributed by atoms with Gasteiger partial charge >= 0.3 is 5.97 Å². The number of halogens is 3. The van der Waals surface area contributed by atoms with Crippen molar-refractivity contribution in [1.82, 2.24) is 9.78 Å². The average molecular weight is 356 g/mol. The van der Waals surface area contributed by atoms with Crippen molar-refractivity contribution in [2.24, 2.45) is 0 Å². The van der Waals surface area contributed by atoms with Gasteiger partial charge in [0.05, 0.1) is 18.8 Å². The van der Waals surface area contributed by atoms with Gasteiger partial charge in [-0.3, -0.25) is 0 Å². The Bertz CT molecular complexity index is 733. The number of aromatic nitrogens is 2. The van der Waals surface area contributed by atoms with E-state index in [2.05, 4.69) is 10.4 Å². The number of fused-ring (bicyclic) bond motifs is 1. The Balaban J connectivity index is 1.98. The van der Waals surface area contributed by atoms with Gasteiger partial charge < -0.3 is 10.1 Å². The van der Waals surface area contributed by atoms with Gasteiger partial charge in [-0.2, -0.15) is 5.10 Å². The number of ether oxygens (including phenoxy) is 1. The van der Waals surface area contributed by atoms with Crippen LogP contribution in [0, 0.1) is 0 Å². The fraction of sp³-hybridized carbons (Fsp3) is 0.375. The minimum atomic E-state index is -2.60. The van der Waals surface area contributed by atoms with Crippen LogP contribution in [0.3, 0.4) is 0 Å². The highest BCUT2D eigenvalue weighted by Gasteiger charge is 2.36. The van der Waals surface area contributed by atoms with Crippen LogP contribution in [0.1, 0.15) is 41.3 Å². The van der Waals surface area contributed by atoms with Gasteiger partial charge in [-0.05, 0) is 31.0 Å². The van der Waals surface area contributed by atoms with Crippen LogP contribution in [-0.4, -0.2) is 28.8 Å². The van der Waals surface area contributed by atoms with Gasteiger partial charge in [0.15, 0.2) is 0 Å². The second-order valence-corrected chi connectivity index (χ2v) is 5.89. The average Bonchev–Trinajstić information content (AvgIpc) is 2.98. The number of carbonyl (C=O) groups excluding carboxylic acids is 1. The Labute approximate surface area is 142 Å². The number of carbonyl (C=O) groups is 1. The van der Waals surface area contributed by atoms with E-state index in [0.717, 1.165) is 5.56 Å². The fourth-order valence-electron chi connectivity index (χ4n) is 2.81. The maximum atomic E-state index is 13.5. The summed E-state index contributed by atoms with van der Waals surface area (Å²) in [5, 5.41) is 7.65. The molecule has 0 saturated carbocycles. The second-order valence-electron chi connectivity index (χ2n) is 5.46. The molecule has 0 radical (unpaired) electrons. The molecule has 2 heterocycles. The van der Waals surface area contributed by atoms with Crippen LogP contribution in [0.5, 0.6) is 0 Å². The van der Waals surface area contributed by atoms with Crippen LogP contribution in [0.25, 0.3) is 0 Å². The van der Waals surface area contributed by atoms with Crippen molar-refractivity contribution in [3.05, 3.63) is 46.6 Å². The normalized spacial score (nSPS) is 19.7. The van der Waals surface area contributed by atoms with Gasteiger partial charge in [0, 0.05) is 5.02 Å². The summed E-state index contributed by atoms with van der Waals surface area (Å²) in [7, 11) is 0. The minimum Gasteiger partial charge on any atom is -0.462 e. The summed E-state index contributed by atoms with van der Waals surface area (Å²) in [5.41, 5.74) is 0.966. The van der Waals surface area contributed by atoms with Gasteiger partial charge in [-0.1, -0.05) is 23.7 Å². The third-order valence-corrected chi connectivity index (χ3v) is 4.21. The highest BCUT2D eigenvalue weighted by atomic mass is 35.5. The van der Waals surface area contributed by atoms with E-state index in [9.17, 15) is 13.6 Å². The Hall–Kier alpha value is -2.15. The van der Waals surface area contributed by atoms with Gasteiger partial charge in [-0.25, -0.2) is 18.3 Å². The first kappa shape index (κ1) is 16.7. The molecule has 2 atom stereocenters. The van der Waals surface area contributed by atoms with Gasteiger partial charge in [0.25, 0.3) is 6.43 Å². The Morgan fingerprint density at radius 1 is 1.46 bits per heavy atom. The number of hydrogen-bond donors (Lipinski definition) is 1. The molecule has 0 spiro atoms. The summed E-state index contributed by atoms with van der Waals surface area (Å²) in [6.07, 6.45) is -1.19. The first-order valence-corrected chi connectivity index (χ1v) is 7.93. The molecule has 2 unspecified atom stereocenters. The second kappa shape index (κ2) is 6.76. The van der Waals surface area contributed by atoms with Crippen molar-refractivity contribution >= 4 is 23.4 Å². The van der Waals surface area contributed by atoms with E-state index in [4.69, 9.17) is 16.3 Å².